The number of nitrogens with one attached hydrogen (secondary N) is 2. The Bertz CT molecular complexity index is 873. The van der Waals surface area contributed by atoms with E-state index in [0.29, 0.717) is 22.8 Å². The lowest BCUT2D eigenvalue weighted by atomic mass is 10.2. The Kier molecular flexibility index (Phi) is 7.05. The van der Waals surface area contributed by atoms with Gasteiger partial charge in [0.2, 0.25) is 0 Å². The van der Waals surface area contributed by atoms with Crippen LogP contribution in [0.25, 0.3) is 0 Å². The van der Waals surface area contributed by atoms with Gasteiger partial charge >= 0.3 is 6.18 Å². The van der Waals surface area contributed by atoms with Crippen LogP contribution in [0.2, 0.25) is 0 Å². The summed E-state index contributed by atoms with van der Waals surface area (Å²) in [6, 6.07) is 8.26. The fourth-order valence-corrected chi connectivity index (χ4v) is 2.47. The zero-order valence-corrected chi connectivity index (χ0v) is 16.1. The van der Waals surface area contributed by atoms with E-state index in [-0.39, 0.29) is 10.8 Å². The van der Waals surface area contributed by atoms with Gasteiger partial charge in [-0.2, -0.15) is 18.3 Å². The summed E-state index contributed by atoms with van der Waals surface area (Å²) in [4.78, 5) is 0. The van der Waals surface area contributed by atoms with Crippen LogP contribution in [0.15, 0.2) is 41.5 Å². The molecule has 28 heavy (non-hydrogen) atoms. The molecular weight excluding hydrogens is 395 g/mol. The van der Waals surface area contributed by atoms with Gasteiger partial charge in [0.15, 0.2) is 16.6 Å². The largest absolute Gasteiger partial charge is 0.496 e. The predicted molar refractivity (Wildman–Crippen MR) is 104 cm³/mol. The Balaban J connectivity index is 2.13. The molecule has 0 fully saturated rings. The smallest absolute Gasteiger partial charge is 0.418 e. The second-order valence-corrected chi connectivity index (χ2v) is 5.72. The molecule has 2 aromatic carbocycles. The lowest BCUT2D eigenvalue weighted by molar-refractivity contribution is -0.136. The van der Waals surface area contributed by atoms with Crippen LogP contribution in [-0.2, 0) is 6.18 Å². The van der Waals surface area contributed by atoms with Crippen molar-refractivity contribution in [2.45, 2.75) is 6.18 Å². The fourth-order valence-electron chi connectivity index (χ4n) is 2.30. The summed E-state index contributed by atoms with van der Waals surface area (Å²) in [7, 11) is 4.46. The van der Waals surface area contributed by atoms with E-state index in [9.17, 15) is 13.2 Å². The Morgan fingerprint density at radius 3 is 2.21 bits per heavy atom. The molecule has 6 nitrogen and oxygen atoms in total. The molecule has 0 aliphatic heterocycles. The average molecular weight is 413 g/mol. The molecular formula is C18H18F3N3O3S. The van der Waals surface area contributed by atoms with Crippen LogP contribution in [0.4, 0.5) is 18.9 Å². The van der Waals surface area contributed by atoms with Gasteiger partial charge in [0.1, 0.15) is 5.75 Å². The van der Waals surface area contributed by atoms with Gasteiger partial charge in [-0.25, -0.2) is 0 Å². The minimum absolute atomic E-state index is 0.104. The standard InChI is InChI=1S/C18H18F3N3O3S/c1-25-14-9-16(27-3)15(26-2)8-11(14)10-22-24-17(28)23-13-7-5-4-6-12(13)18(19,20)21/h4-10H,1-3H3,(H2,23,24,28). The molecule has 0 bridgehead atoms. The second-order valence-electron chi connectivity index (χ2n) is 5.32. The lowest BCUT2D eigenvalue weighted by Crippen LogP contribution is -2.25. The predicted octanol–water partition coefficient (Wildman–Crippen LogP) is 4.05. The first-order chi connectivity index (χ1) is 13.3. The molecule has 0 saturated heterocycles. The molecule has 0 aromatic heterocycles. The molecule has 0 saturated carbocycles. The molecule has 0 aliphatic rings. The highest BCUT2D eigenvalue weighted by atomic mass is 32.1. The van der Waals surface area contributed by atoms with Gasteiger partial charge in [0.05, 0.1) is 38.8 Å². The summed E-state index contributed by atoms with van der Waals surface area (Å²) in [5.74, 6) is 1.40. The van der Waals surface area contributed by atoms with Crippen molar-refractivity contribution >= 4 is 29.2 Å². The number of halogens is 3. The quantitative estimate of drug-likeness (QED) is 0.423. The topological polar surface area (TPSA) is 64.1 Å². The van der Waals surface area contributed by atoms with Crippen LogP contribution in [-0.4, -0.2) is 32.7 Å². The molecule has 0 unspecified atom stereocenters. The van der Waals surface area contributed by atoms with E-state index in [2.05, 4.69) is 15.8 Å². The first-order valence-corrected chi connectivity index (χ1v) is 8.27. The van der Waals surface area contributed by atoms with Crippen molar-refractivity contribution in [2.75, 3.05) is 26.6 Å². The number of hydrogen-bond donors (Lipinski definition) is 2. The zero-order chi connectivity index (χ0) is 20.7. The maximum atomic E-state index is 13.0. The summed E-state index contributed by atoms with van der Waals surface area (Å²) in [6.07, 6.45) is -3.11. The van der Waals surface area contributed by atoms with Gasteiger partial charge < -0.3 is 19.5 Å². The summed E-state index contributed by atoms with van der Waals surface area (Å²) in [5, 5.41) is 6.31. The molecule has 0 spiro atoms. The zero-order valence-electron chi connectivity index (χ0n) is 15.3. The number of alkyl halides is 3. The Morgan fingerprint density at radius 1 is 1.00 bits per heavy atom. The van der Waals surface area contributed by atoms with E-state index in [1.807, 2.05) is 0 Å². The number of hydrazone groups is 1. The van der Waals surface area contributed by atoms with Crippen LogP contribution in [0.5, 0.6) is 17.2 Å². The maximum Gasteiger partial charge on any atom is 0.418 e. The fraction of sp³-hybridized carbons (Fsp3) is 0.222. The highest BCUT2D eigenvalue weighted by Gasteiger charge is 2.33. The molecule has 150 valence electrons. The van der Waals surface area contributed by atoms with Crippen molar-refractivity contribution in [3.05, 3.63) is 47.5 Å². The van der Waals surface area contributed by atoms with Crippen LogP contribution < -0.4 is 25.0 Å². The van der Waals surface area contributed by atoms with Crippen molar-refractivity contribution in [3.63, 3.8) is 0 Å². The third kappa shape index (κ3) is 5.26. The molecule has 0 aliphatic carbocycles. The monoisotopic (exact) mass is 413 g/mol. The molecule has 0 amide bonds. The molecule has 2 rings (SSSR count). The number of ether oxygens (including phenoxy) is 3. The van der Waals surface area contributed by atoms with Gasteiger partial charge in [-0.1, -0.05) is 12.1 Å². The van der Waals surface area contributed by atoms with Crippen molar-refractivity contribution < 1.29 is 27.4 Å². The van der Waals surface area contributed by atoms with Crippen LogP contribution in [0.1, 0.15) is 11.1 Å². The number of hydrogen-bond acceptors (Lipinski definition) is 5. The Morgan fingerprint density at radius 2 is 1.61 bits per heavy atom. The summed E-state index contributed by atoms with van der Waals surface area (Å²) in [6.45, 7) is 0. The maximum absolute atomic E-state index is 13.0. The summed E-state index contributed by atoms with van der Waals surface area (Å²) in [5.41, 5.74) is 2.01. The van der Waals surface area contributed by atoms with Gasteiger partial charge in [0.25, 0.3) is 0 Å². The van der Waals surface area contributed by atoms with E-state index in [1.54, 1.807) is 12.1 Å². The summed E-state index contributed by atoms with van der Waals surface area (Å²) >= 11 is 5.00. The minimum atomic E-state index is -4.50. The normalized spacial score (nSPS) is 11.2. The third-order valence-corrected chi connectivity index (χ3v) is 3.78. The Labute approximate surface area is 165 Å². The number of rotatable bonds is 6. The van der Waals surface area contributed by atoms with Gasteiger partial charge in [-0.15, -0.1) is 0 Å². The number of thiocarbonyl (C=S) groups is 1. The van der Waals surface area contributed by atoms with E-state index in [1.165, 1.54) is 45.7 Å². The van der Waals surface area contributed by atoms with Gasteiger partial charge in [-0.05, 0) is 30.4 Å². The van der Waals surface area contributed by atoms with E-state index >= 15 is 0 Å². The van der Waals surface area contributed by atoms with E-state index < -0.39 is 11.7 Å². The highest BCUT2D eigenvalue weighted by molar-refractivity contribution is 7.80. The van der Waals surface area contributed by atoms with Crippen LogP contribution in [0.3, 0.4) is 0 Å². The number of para-hydroxylation sites is 1. The highest BCUT2D eigenvalue weighted by Crippen LogP contribution is 2.35. The van der Waals surface area contributed by atoms with Crippen molar-refractivity contribution in [3.8, 4) is 17.2 Å². The number of benzene rings is 2. The lowest BCUT2D eigenvalue weighted by Gasteiger charge is -2.14. The van der Waals surface area contributed by atoms with Crippen molar-refractivity contribution in [1.29, 1.82) is 0 Å². The molecule has 2 aromatic rings. The van der Waals surface area contributed by atoms with Crippen LogP contribution >= 0.6 is 12.2 Å². The first-order valence-electron chi connectivity index (χ1n) is 7.86. The first kappa shape index (κ1) is 21.3. The van der Waals surface area contributed by atoms with E-state index in [0.717, 1.165) is 6.07 Å². The second kappa shape index (κ2) is 9.27. The van der Waals surface area contributed by atoms with Gasteiger partial charge in [0, 0.05) is 11.6 Å². The van der Waals surface area contributed by atoms with Gasteiger partial charge in [-0.3, -0.25) is 5.43 Å². The summed E-state index contributed by atoms with van der Waals surface area (Å²) < 4.78 is 54.7. The number of anilines is 1. The minimum Gasteiger partial charge on any atom is -0.496 e. The van der Waals surface area contributed by atoms with Crippen molar-refractivity contribution in [2.24, 2.45) is 5.10 Å². The molecule has 0 radical (unpaired) electrons. The number of nitrogens with zero attached hydrogens (tertiary/aromatic N) is 1. The molecule has 10 heteroatoms. The average Bonchev–Trinajstić information content (AvgIpc) is 2.67. The molecule has 0 atom stereocenters. The Hall–Kier alpha value is -3.01. The van der Waals surface area contributed by atoms with Crippen LogP contribution in [0, 0.1) is 0 Å². The molecule has 2 N–H and O–H groups in total. The number of methoxy groups -OCH3 is 3. The SMILES string of the molecule is COc1cc(OC)c(OC)cc1C=NNC(=S)Nc1ccccc1C(F)(F)F. The van der Waals surface area contributed by atoms with E-state index in [4.69, 9.17) is 26.4 Å². The third-order valence-electron chi connectivity index (χ3n) is 3.59. The molecule has 0 heterocycles. The van der Waals surface area contributed by atoms with Crippen molar-refractivity contribution in [1.82, 2.24) is 5.43 Å².